The number of halogens is 2. The first-order valence-corrected chi connectivity index (χ1v) is 6.60. The zero-order valence-electron chi connectivity index (χ0n) is 11.0. The fourth-order valence-corrected chi connectivity index (χ4v) is 2.12. The SMILES string of the molecule is CCC(C)(CCCl)NC(=O)c1cccc(C)c1F. The molecule has 1 aromatic carbocycles. The lowest BCUT2D eigenvalue weighted by Crippen LogP contribution is -2.46. The molecule has 100 valence electrons. The molecule has 0 aliphatic rings. The Hall–Kier alpha value is -1.09. The van der Waals surface area contributed by atoms with E-state index in [2.05, 4.69) is 5.32 Å². The van der Waals surface area contributed by atoms with E-state index in [1.165, 1.54) is 6.07 Å². The molecule has 0 saturated heterocycles. The van der Waals surface area contributed by atoms with Gasteiger partial charge in [-0.2, -0.15) is 0 Å². The number of rotatable bonds is 5. The summed E-state index contributed by atoms with van der Waals surface area (Å²) in [6.45, 7) is 5.53. The van der Waals surface area contributed by atoms with Crippen LogP contribution in [0.3, 0.4) is 0 Å². The summed E-state index contributed by atoms with van der Waals surface area (Å²) in [7, 11) is 0. The van der Waals surface area contributed by atoms with Crippen LogP contribution >= 0.6 is 11.6 Å². The lowest BCUT2D eigenvalue weighted by atomic mass is 9.94. The number of benzene rings is 1. The maximum atomic E-state index is 13.8. The highest BCUT2D eigenvalue weighted by atomic mass is 35.5. The summed E-state index contributed by atoms with van der Waals surface area (Å²) in [5.41, 5.74) is 0.164. The van der Waals surface area contributed by atoms with E-state index in [1.807, 2.05) is 13.8 Å². The average Bonchev–Trinajstić information content (AvgIpc) is 2.32. The highest BCUT2D eigenvalue weighted by Gasteiger charge is 2.25. The fraction of sp³-hybridized carbons (Fsp3) is 0.500. The summed E-state index contributed by atoms with van der Waals surface area (Å²) in [5, 5.41) is 2.86. The van der Waals surface area contributed by atoms with Crippen LogP contribution in [0.1, 0.15) is 42.6 Å². The Morgan fingerprint density at radius 1 is 1.50 bits per heavy atom. The second-order valence-electron chi connectivity index (χ2n) is 4.74. The molecule has 18 heavy (non-hydrogen) atoms. The van der Waals surface area contributed by atoms with Crippen LogP contribution in [-0.4, -0.2) is 17.3 Å². The second-order valence-corrected chi connectivity index (χ2v) is 5.12. The van der Waals surface area contributed by atoms with E-state index in [0.717, 1.165) is 6.42 Å². The number of aryl methyl sites for hydroxylation is 1. The van der Waals surface area contributed by atoms with Gasteiger partial charge >= 0.3 is 0 Å². The predicted octanol–water partition coefficient (Wildman–Crippen LogP) is 3.66. The van der Waals surface area contributed by atoms with Crippen LogP contribution in [0.25, 0.3) is 0 Å². The molecule has 0 spiro atoms. The molecule has 0 heterocycles. The quantitative estimate of drug-likeness (QED) is 0.814. The van der Waals surface area contributed by atoms with Crippen LogP contribution in [-0.2, 0) is 0 Å². The molecular weight excluding hydrogens is 253 g/mol. The summed E-state index contributed by atoms with van der Waals surface area (Å²) < 4.78 is 13.8. The first-order chi connectivity index (χ1) is 8.43. The van der Waals surface area contributed by atoms with Crippen molar-refractivity contribution in [2.24, 2.45) is 0 Å². The Morgan fingerprint density at radius 3 is 2.72 bits per heavy atom. The number of amides is 1. The van der Waals surface area contributed by atoms with Crippen LogP contribution in [0.5, 0.6) is 0 Å². The third-order valence-electron chi connectivity index (χ3n) is 3.28. The number of nitrogens with one attached hydrogen (secondary N) is 1. The Morgan fingerprint density at radius 2 is 2.17 bits per heavy atom. The first kappa shape index (κ1) is 15.0. The molecule has 1 amide bonds. The third kappa shape index (κ3) is 3.45. The van der Waals surface area contributed by atoms with Crippen LogP contribution in [0.4, 0.5) is 4.39 Å². The molecule has 1 N–H and O–H groups in total. The van der Waals surface area contributed by atoms with Gasteiger partial charge in [0.1, 0.15) is 5.82 Å². The normalized spacial score (nSPS) is 14.1. The van der Waals surface area contributed by atoms with Crippen LogP contribution in [0, 0.1) is 12.7 Å². The highest BCUT2D eigenvalue weighted by Crippen LogP contribution is 2.18. The molecule has 0 radical (unpaired) electrons. The summed E-state index contributed by atoms with van der Waals surface area (Å²) >= 11 is 5.73. The Balaban J connectivity index is 2.91. The smallest absolute Gasteiger partial charge is 0.254 e. The number of alkyl halides is 1. The van der Waals surface area contributed by atoms with Crippen molar-refractivity contribution in [1.29, 1.82) is 0 Å². The van der Waals surface area contributed by atoms with Crippen molar-refractivity contribution in [2.45, 2.75) is 39.2 Å². The molecule has 1 aromatic rings. The predicted molar refractivity (Wildman–Crippen MR) is 72.6 cm³/mol. The number of carbonyl (C=O) groups excluding carboxylic acids is 1. The van der Waals surface area contributed by atoms with Crippen LogP contribution in [0.2, 0.25) is 0 Å². The number of hydrogen-bond acceptors (Lipinski definition) is 1. The number of hydrogen-bond donors (Lipinski definition) is 1. The summed E-state index contributed by atoms with van der Waals surface area (Å²) in [5.74, 6) is -0.383. The molecule has 1 rings (SSSR count). The van der Waals surface area contributed by atoms with Gasteiger partial charge in [0, 0.05) is 11.4 Å². The molecule has 2 nitrogen and oxygen atoms in total. The molecule has 1 atom stereocenters. The summed E-state index contributed by atoms with van der Waals surface area (Å²) in [4.78, 5) is 12.1. The van der Waals surface area contributed by atoms with E-state index in [-0.39, 0.29) is 11.5 Å². The summed E-state index contributed by atoms with van der Waals surface area (Å²) in [6.07, 6.45) is 1.41. The second kappa shape index (κ2) is 6.19. The fourth-order valence-electron chi connectivity index (χ4n) is 1.70. The van der Waals surface area contributed by atoms with E-state index < -0.39 is 11.4 Å². The maximum Gasteiger partial charge on any atom is 0.254 e. The third-order valence-corrected chi connectivity index (χ3v) is 3.47. The average molecular weight is 272 g/mol. The summed E-state index contributed by atoms with van der Waals surface area (Å²) in [6, 6.07) is 4.82. The van der Waals surface area contributed by atoms with Crippen LogP contribution < -0.4 is 5.32 Å². The van der Waals surface area contributed by atoms with Crippen molar-refractivity contribution in [3.05, 3.63) is 35.1 Å². The van der Waals surface area contributed by atoms with Gasteiger partial charge in [0.05, 0.1) is 5.56 Å². The Bertz CT molecular complexity index is 436. The van der Waals surface area contributed by atoms with E-state index in [4.69, 9.17) is 11.6 Å². The van der Waals surface area contributed by atoms with Crippen LogP contribution in [0.15, 0.2) is 18.2 Å². The topological polar surface area (TPSA) is 29.1 Å². The van der Waals surface area contributed by atoms with Crippen molar-refractivity contribution in [1.82, 2.24) is 5.32 Å². The van der Waals surface area contributed by atoms with Crippen molar-refractivity contribution in [3.63, 3.8) is 0 Å². The Labute approximate surface area is 113 Å². The molecular formula is C14H19ClFNO. The van der Waals surface area contributed by atoms with Crippen molar-refractivity contribution >= 4 is 17.5 Å². The molecule has 1 unspecified atom stereocenters. The van der Waals surface area contributed by atoms with Gasteiger partial charge < -0.3 is 5.32 Å². The Kier molecular flexibility index (Phi) is 5.15. The lowest BCUT2D eigenvalue weighted by molar-refractivity contribution is 0.0897. The molecule has 0 aliphatic carbocycles. The standard InChI is InChI=1S/C14H19ClFNO/c1-4-14(3,8-9-15)17-13(18)11-7-5-6-10(2)12(11)16/h5-7H,4,8-9H2,1-3H3,(H,17,18). The molecule has 0 aliphatic heterocycles. The highest BCUT2D eigenvalue weighted by molar-refractivity contribution is 6.17. The van der Waals surface area contributed by atoms with Crippen molar-refractivity contribution < 1.29 is 9.18 Å². The minimum atomic E-state index is -0.459. The maximum absolute atomic E-state index is 13.8. The minimum absolute atomic E-state index is 0.0873. The number of carbonyl (C=O) groups is 1. The van der Waals surface area contributed by atoms with E-state index in [9.17, 15) is 9.18 Å². The zero-order chi connectivity index (χ0) is 13.8. The van der Waals surface area contributed by atoms with Gasteiger partial charge in [0.2, 0.25) is 0 Å². The minimum Gasteiger partial charge on any atom is -0.347 e. The zero-order valence-corrected chi connectivity index (χ0v) is 11.8. The molecule has 0 saturated carbocycles. The monoisotopic (exact) mass is 271 g/mol. The van der Waals surface area contributed by atoms with Gasteiger partial charge in [0.25, 0.3) is 5.91 Å². The van der Waals surface area contributed by atoms with E-state index in [1.54, 1.807) is 19.1 Å². The van der Waals surface area contributed by atoms with Crippen molar-refractivity contribution in [2.75, 3.05) is 5.88 Å². The lowest BCUT2D eigenvalue weighted by Gasteiger charge is -2.29. The first-order valence-electron chi connectivity index (χ1n) is 6.07. The van der Waals surface area contributed by atoms with Gasteiger partial charge in [-0.1, -0.05) is 19.1 Å². The van der Waals surface area contributed by atoms with Gasteiger partial charge in [-0.15, -0.1) is 11.6 Å². The van der Waals surface area contributed by atoms with Gasteiger partial charge in [-0.05, 0) is 38.3 Å². The largest absolute Gasteiger partial charge is 0.347 e. The molecule has 0 aromatic heterocycles. The van der Waals surface area contributed by atoms with Gasteiger partial charge in [-0.3, -0.25) is 4.79 Å². The molecule has 4 heteroatoms. The van der Waals surface area contributed by atoms with Gasteiger partial charge in [-0.25, -0.2) is 4.39 Å². The molecule has 0 fully saturated rings. The van der Waals surface area contributed by atoms with Gasteiger partial charge in [0.15, 0.2) is 0 Å². The van der Waals surface area contributed by atoms with E-state index >= 15 is 0 Å². The molecule has 0 bridgehead atoms. The van der Waals surface area contributed by atoms with Crippen molar-refractivity contribution in [3.8, 4) is 0 Å². The van der Waals surface area contributed by atoms with E-state index in [0.29, 0.717) is 17.9 Å².